The van der Waals surface area contributed by atoms with Crippen molar-refractivity contribution in [3.8, 4) is 0 Å². The topological polar surface area (TPSA) is 22.1 Å². The van der Waals surface area contributed by atoms with Crippen molar-refractivity contribution in [2.75, 3.05) is 0 Å². The van der Waals surface area contributed by atoms with Crippen LogP contribution in [0.2, 0.25) is 0 Å². The summed E-state index contributed by atoms with van der Waals surface area (Å²) in [7, 11) is 0. The number of aromatic nitrogens is 1. The summed E-state index contributed by atoms with van der Waals surface area (Å²) in [4.78, 5) is 5.67. The fraction of sp³-hybridized carbons (Fsp3) is 0.625. The molecule has 2 nitrogen and oxygen atoms in total. The van der Waals surface area contributed by atoms with E-state index in [0.717, 1.165) is 10.3 Å². The van der Waals surface area contributed by atoms with Gasteiger partial charge < -0.3 is 4.74 Å². The first-order valence-electron chi connectivity index (χ1n) is 3.85. The first-order valence-corrected chi connectivity index (χ1v) is 5.46. The fourth-order valence-corrected chi connectivity index (χ4v) is 2.83. The van der Waals surface area contributed by atoms with Gasteiger partial charge in [-0.1, -0.05) is 0 Å². The van der Waals surface area contributed by atoms with Gasteiger partial charge in [0.25, 0.3) is 0 Å². The minimum atomic E-state index is -0.0412. The lowest BCUT2D eigenvalue weighted by Crippen LogP contribution is -2.31. The normalized spacial score (nSPS) is 20.6. The number of halogens is 1. The van der Waals surface area contributed by atoms with Crippen molar-refractivity contribution >= 4 is 27.3 Å². The minimum Gasteiger partial charge on any atom is -0.370 e. The number of rotatable bonds is 0. The molecule has 12 heavy (non-hydrogen) atoms. The summed E-state index contributed by atoms with van der Waals surface area (Å²) in [5, 5.41) is 0. The van der Waals surface area contributed by atoms with Crippen LogP contribution in [0, 0.1) is 0 Å². The quantitative estimate of drug-likeness (QED) is 0.704. The molecule has 4 heteroatoms. The number of hydrogen-bond acceptors (Lipinski definition) is 3. The second-order valence-electron chi connectivity index (χ2n) is 3.56. The van der Waals surface area contributed by atoms with Crippen LogP contribution in [0.15, 0.2) is 3.92 Å². The highest BCUT2D eigenvalue weighted by molar-refractivity contribution is 9.11. The molecule has 0 bridgehead atoms. The van der Waals surface area contributed by atoms with Crippen molar-refractivity contribution in [1.82, 2.24) is 4.98 Å². The standard InChI is InChI=1S/C8H10BrNOS/c1-8(2)3-5-6(4-11-8)12-7(9)10-5/h3-4H2,1-2H3. The Balaban J connectivity index is 2.34. The summed E-state index contributed by atoms with van der Waals surface area (Å²) < 4.78 is 6.62. The molecule has 0 spiro atoms. The van der Waals surface area contributed by atoms with E-state index in [1.165, 1.54) is 10.6 Å². The zero-order valence-electron chi connectivity index (χ0n) is 7.06. The van der Waals surface area contributed by atoms with Crippen molar-refractivity contribution < 1.29 is 4.74 Å². The Kier molecular flexibility index (Phi) is 2.01. The predicted molar refractivity (Wildman–Crippen MR) is 52.4 cm³/mol. The second-order valence-corrected chi connectivity index (χ2v) is 5.92. The molecule has 1 aliphatic heterocycles. The lowest BCUT2D eigenvalue weighted by atomic mass is 10.00. The molecular formula is C8H10BrNOS. The van der Waals surface area contributed by atoms with Gasteiger partial charge in [-0.2, -0.15) is 0 Å². The molecular weight excluding hydrogens is 238 g/mol. The molecule has 2 rings (SSSR count). The molecule has 0 aliphatic carbocycles. The summed E-state index contributed by atoms with van der Waals surface area (Å²) in [5.41, 5.74) is 1.16. The van der Waals surface area contributed by atoms with Gasteiger partial charge in [0.1, 0.15) is 0 Å². The Bertz CT molecular complexity index is 308. The number of nitrogens with zero attached hydrogens (tertiary/aromatic N) is 1. The third kappa shape index (κ3) is 1.56. The first-order chi connectivity index (χ1) is 5.57. The summed E-state index contributed by atoms with van der Waals surface area (Å²) in [6.07, 6.45) is 0.921. The summed E-state index contributed by atoms with van der Waals surface area (Å²) in [6.45, 7) is 4.91. The molecule has 0 fully saturated rings. The molecule has 0 unspecified atom stereocenters. The zero-order valence-corrected chi connectivity index (χ0v) is 9.46. The van der Waals surface area contributed by atoms with Gasteiger partial charge in [0.05, 0.1) is 22.8 Å². The molecule has 1 aliphatic rings. The molecule has 0 amide bonds. The van der Waals surface area contributed by atoms with Crippen LogP contribution in [0.4, 0.5) is 0 Å². The van der Waals surface area contributed by atoms with Crippen LogP contribution in [0.1, 0.15) is 24.4 Å². The maximum atomic E-state index is 5.65. The van der Waals surface area contributed by atoms with E-state index in [-0.39, 0.29) is 5.60 Å². The molecule has 0 aromatic carbocycles. The van der Waals surface area contributed by atoms with Crippen LogP contribution in [0.25, 0.3) is 0 Å². The van der Waals surface area contributed by atoms with E-state index in [4.69, 9.17) is 4.74 Å². The molecule has 0 atom stereocenters. The van der Waals surface area contributed by atoms with E-state index >= 15 is 0 Å². The van der Waals surface area contributed by atoms with Crippen molar-refractivity contribution in [3.05, 3.63) is 14.5 Å². The van der Waals surface area contributed by atoms with Gasteiger partial charge in [-0.05, 0) is 29.8 Å². The van der Waals surface area contributed by atoms with E-state index < -0.39 is 0 Å². The first kappa shape index (κ1) is 8.66. The monoisotopic (exact) mass is 247 g/mol. The third-order valence-electron chi connectivity index (χ3n) is 1.94. The zero-order chi connectivity index (χ0) is 8.77. The Morgan fingerprint density at radius 1 is 1.58 bits per heavy atom. The van der Waals surface area contributed by atoms with E-state index in [1.807, 2.05) is 0 Å². The maximum Gasteiger partial charge on any atom is 0.159 e. The van der Waals surface area contributed by atoms with Gasteiger partial charge in [-0.15, -0.1) is 11.3 Å². The van der Waals surface area contributed by atoms with Crippen LogP contribution >= 0.6 is 27.3 Å². The number of thiazole rings is 1. The lowest BCUT2D eigenvalue weighted by Gasteiger charge is -2.28. The highest BCUT2D eigenvalue weighted by atomic mass is 79.9. The van der Waals surface area contributed by atoms with Gasteiger partial charge in [-0.25, -0.2) is 4.98 Å². The Morgan fingerprint density at radius 3 is 3.08 bits per heavy atom. The average molecular weight is 248 g/mol. The number of ether oxygens (including phenoxy) is 1. The SMILES string of the molecule is CC1(C)Cc2nc(Br)sc2CO1. The van der Waals surface area contributed by atoms with Gasteiger partial charge in [0, 0.05) is 6.42 Å². The summed E-state index contributed by atoms with van der Waals surface area (Å²) in [6, 6.07) is 0. The average Bonchev–Trinajstić information content (AvgIpc) is 2.26. The van der Waals surface area contributed by atoms with Crippen molar-refractivity contribution in [1.29, 1.82) is 0 Å². The Morgan fingerprint density at radius 2 is 2.33 bits per heavy atom. The van der Waals surface area contributed by atoms with Crippen molar-refractivity contribution in [3.63, 3.8) is 0 Å². The van der Waals surface area contributed by atoms with Crippen LogP contribution in [-0.4, -0.2) is 10.6 Å². The van der Waals surface area contributed by atoms with Crippen LogP contribution in [-0.2, 0) is 17.8 Å². The smallest absolute Gasteiger partial charge is 0.159 e. The third-order valence-corrected chi connectivity index (χ3v) is 3.46. The van der Waals surface area contributed by atoms with Crippen LogP contribution in [0.5, 0.6) is 0 Å². The molecule has 2 heterocycles. The molecule has 1 aromatic rings. The Labute approximate surface area is 84.1 Å². The predicted octanol–water partition coefficient (Wildman–Crippen LogP) is 2.76. The van der Waals surface area contributed by atoms with E-state index in [9.17, 15) is 0 Å². The summed E-state index contributed by atoms with van der Waals surface area (Å²) >= 11 is 5.05. The van der Waals surface area contributed by atoms with E-state index in [1.54, 1.807) is 11.3 Å². The largest absolute Gasteiger partial charge is 0.370 e. The van der Waals surface area contributed by atoms with Crippen molar-refractivity contribution in [2.24, 2.45) is 0 Å². The molecule has 0 saturated heterocycles. The van der Waals surface area contributed by atoms with E-state index in [2.05, 4.69) is 34.8 Å². The maximum absolute atomic E-state index is 5.65. The Hall–Kier alpha value is 0.0700. The highest BCUT2D eigenvalue weighted by Crippen LogP contribution is 2.32. The molecule has 66 valence electrons. The van der Waals surface area contributed by atoms with Gasteiger partial charge in [0.15, 0.2) is 3.92 Å². The second kappa shape index (κ2) is 2.79. The van der Waals surface area contributed by atoms with Crippen LogP contribution < -0.4 is 0 Å². The summed E-state index contributed by atoms with van der Waals surface area (Å²) in [5.74, 6) is 0. The number of hydrogen-bond donors (Lipinski definition) is 0. The minimum absolute atomic E-state index is 0.0412. The molecule has 0 radical (unpaired) electrons. The van der Waals surface area contributed by atoms with Crippen molar-refractivity contribution in [2.45, 2.75) is 32.5 Å². The van der Waals surface area contributed by atoms with Gasteiger partial charge >= 0.3 is 0 Å². The van der Waals surface area contributed by atoms with Crippen LogP contribution in [0.3, 0.4) is 0 Å². The van der Waals surface area contributed by atoms with Gasteiger partial charge in [-0.3, -0.25) is 0 Å². The molecule has 0 saturated carbocycles. The molecule has 1 aromatic heterocycles. The number of fused-ring (bicyclic) bond motifs is 1. The highest BCUT2D eigenvalue weighted by Gasteiger charge is 2.28. The lowest BCUT2D eigenvalue weighted by molar-refractivity contribution is -0.0393. The van der Waals surface area contributed by atoms with Gasteiger partial charge in [0.2, 0.25) is 0 Å². The molecule has 0 N–H and O–H groups in total. The van der Waals surface area contributed by atoms with E-state index in [0.29, 0.717) is 6.61 Å². The fourth-order valence-electron chi connectivity index (χ4n) is 1.32.